The normalized spacial score (nSPS) is 18.4. The summed E-state index contributed by atoms with van der Waals surface area (Å²) in [6.45, 7) is 5.77. The molecule has 4 nitrogen and oxygen atoms in total. The summed E-state index contributed by atoms with van der Waals surface area (Å²) in [6.07, 6.45) is 0.302. The van der Waals surface area contributed by atoms with Crippen molar-refractivity contribution < 1.29 is 9.59 Å². The second kappa shape index (κ2) is 6.39. The Morgan fingerprint density at radius 2 is 2.00 bits per heavy atom. The van der Waals surface area contributed by atoms with E-state index in [1.807, 2.05) is 38.1 Å². The first-order valence-corrected chi connectivity index (χ1v) is 7.71. The Kier molecular flexibility index (Phi) is 4.81. The molecule has 0 radical (unpaired) electrons. The van der Waals surface area contributed by atoms with Crippen molar-refractivity contribution >= 4 is 33.4 Å². The molecule has 1 heterocycles. The van der Waals surface area contributed by atoms with Crippen LogP contribution in [-0.2, 0) is 9.59 Å². The zero-order valence-corrected chi connectivity index (χ0v) is 13.4. The molecule has 0 bridgehead atoms. The molecular formula is C15H19BrN2O2. The standard InChI is InChI=1S/C15H19BrN2O2/c1-3-17(4-2)15(20)11-9-14(19)18(10-11)13-8-6-5-7-12(13)16/h5-8,11H,3-4,9-10H2,1-2H3. The number of hydrogen-bond acceptors (Lipinski definition) is 2. The number of carbonyl (C=O) groups excluding carboxylic acids is 2. The molecule has 1 aromatic rings. The first-order chi connectivity index (χ1) is 9.58. The zero-order chi connectivity index (χ0) is 14.7. The molecule has 0 aromatic heterocycles. The topological polar surface area (TPSA) is 40.6 Å². The van der Waals surface area contributed by atoms with E-state index in [0.29, 0.717) is 26.1 Å². The molecule has 20 heavy (non-hydrogen) atoms. The summed E-state index contributed by atoms with van der Waals surface area (Å²) < 4.78 is 0.879. The van der Waals surface area contributed by atoms with Gasteiger partial charge in [-0.2, -0.15) is 0 Å². The van der Waals surface area contributed by atoms with Gasteiger partial charge >= 0.3 is 0 Å². The first kappa shape index (κ1) is 15.0. The molecule has 5 heteroatoms. The molecule has 108 valence electrons. The molecule has 0 spiro atoms. The van der Waals surface area contributed by atoms with Crippen molar-refractivity contribution in [3.05, 3.63) is 28.7 Å². The summed E-state index contributed by atoms with van der Waals surface area (Å²) in [4.78, 5) is 28.0. The average Bonchev–Trinajstić information content (AvgIpc) is 2.82. The summed E-state index contributed by atoms with van der Waals surface area (Å²) in [5.74, 6) is -0.130. The fourth-order valence-electron chi connectivity index (χ4n) is 2.57. The summed E-state index contributed by atoms with van der Waals surface area (Å²) in [5.41, 5.74) is 0.840. The van der Waals surface area contributed by atoms with Crippen LogP contribution in [0.3, 0.4) is 0 Å². The Morgan fingerprint density at radius 3 is 2.60 bits per heavy atom. The van der Waals surface area contributed by atoms with E-state index in [4.69, 9.17) is 0 Å². The van der Waals surface area contributed by atoms with Gasteiger partial charge in [0.2, 0.25) is 11.8 Å². The summed E-state index contributed by atoms with van der Waals surface area (Å²) >= 11 is 3.46. The summed E-state index contributed by atoms with van der Waals surface area (Å²) in [6, 6.07) is 7.61. The van der Waals surface area contributed by atoms with E-state index in [2.05, 4.69) is 15.9 Å². The van der Waals surface area contributed by atoms with Crippen LogP contribution in [0.5, 0.6) is 0 Å². The fourth-order valence-corrected chi connectivity index (χ4v) is 3.07. The molecule has 1 aliphatic heterocycles. The van der Waals surface area contributed by atoms with Gasteiger partial charge in [-0.15, -0.1) is 0 Å². The smallest absolute Gasteiger partial charge is 0.227 e. The minimum atomic E-state index is -0.227. The van der Waals surface area contributed by atoms with Gasteiger partial charge in [0, 0.05) is 30.5 Å². The number of amides is 2. The lowest BCUT2D eigenvalue weighted by Gasteiger charge is -2.23. The Bertz CT molecular complexity index is 514. The number of rotatable bonds is 4. The number of anilines is 1. The lowest BCUT2D eigenvalue weighted by molar-refractivity contribution is -0.135. The lowest BCUT2D eigenvalue weighted by atomic mass is 10.1. The van der Waals surface area contributed by atoms with Crippen LogP contribution in [0.4, 0.5) is 5.69 Å². The Morgan fingerprint density at radius 1 is 1.35 bits per heavy atom. The number of benzene rings is 1. The predicted molar refractivity (Wildman–Crippen MR) is 82.5 cm³/mol. The number of nitrogens with zero attached hydrogens (tertiary/aromatic N) is 2. The van der Waals surface area contributed by atoms with Crippen molar-refractivity contribution in [3.8, 4) is 0 Å². The molecule has 1 atom stereocenters. The van der Waals surface area contributed by atoms with Crippen molar-refractivity contribution in [2.45, 2.75) is 20.3 Å². The summed E-state index contributed by atoms with van der Waals surface area (Å²) in [5, 5.41) is 0. The van der Waals surface area contributed by atoms with E-state index < -0.39 is 0 Å². The molecule has 0 aliphatic carbocycles. The minimum absolute atomic E-state index is 0.0161. The number of para-hydroxylation sites is 1. The molecule has 2 rings (SSSR count). The van der Waals surface area contributed by atoms with Gasteiger partial charge in [-0.1, -0.05) is 12.1 Å². The van der Waals surface area contributed by atoms with Crippen LogP contribution in [0, 0.1) is 5.92 Å². The van der Waals surface area contributed by atoms with E-state index in [1.54, 1.807) is 9.80 Å². The lowest BCUT2D eigenvalue weighted by Crippen LogP contribution is -2.37. The van der Waals surface area contributed by atoms with E-state index in [1.165, 1.54) is 0 Å². The molecule has 0 saturated carbocycles. The van der Waals surface area contributed by atoms with Crippen LogP contribution >= 0.6 is 15.9 Å². The Balaban J connectivity index is 2.16. The molecule has 1 aliphatic rings. The highest BCUT2D eigenvalue weighted by Gasteiger charge is 2.37. The third-order valence-corrected chi connectivity index (χ3v) is 4.36. The second-order valence-electron chi connectivity index (χ2n) is 4.87. The predicted octanol–water partition coefficient (Wildman–Crippen LogP) is 2.67. The third kappa shape index (κ3) is 2.87. The van der Waals surface area contributed by atoms with Crippen LogP contribution in [0.15, 0.2) is 28.7 Å². The highest BCUT2D eigenvalue weighted by molar-refractivity contribution is 9.10. The van der Waals surface area contributed by atoms with Gasteiger partial charge in [0.1, 0.15) is 0 Å². The first-order valence-electron chi connectivity index (χ1n) is 6.92. The maximum absolute atomic E-state index is 12.4. The van der Waals surface area contributed by atoms with Crippen LogP contribution in [0.2, 0.25) is 0 Å². The molecule has 0 N–H and O–H groups in total. The van der Waals surface area contributed by atoms with Gasteiger partial charge < -0.3 is 9.80 Å². The van der Waals surface area contributed by atoms with Gasteiger partial charge in [0.05, 0.1) is 11.6 Å². The molecule has 1 saturated heterocycles. The van der Waals surface area contributed by atoms with E-state index in [9.17, 15) is 9.59 Å². The Labute approximate surface area is 127 Å². The maximum atomic E-state index is 12.4. The highest BCUT2D eigenvalue weighted by Crippen LogP contribution is 2.31. The number of halogens is 1. The van der Waals surface area contributed by atoms with E-state index in [0.717, 1.165) is 10.2 Å². The monoisotopic (exact) mass is 338 g/mol. The largest absolute Gasteiger partial charge is 0.343 e. The fraction of sp³-hybridized carbons (Fsp3) is 0.467. The highest BCUT2D eigenvalue weighted by atomic mass is 79.9. The zero-order valence-electron chi connectivity index (χ0n) is 11.8. The van der Waals surface area contributed by atoms with Crippen molar-refractivity contribution in [2.24, 2.45) is 5.92 Å². The maximum Gasteiger partial charge on any atom is 0.227 e. The molecule has 1 fully saturated rings. The number of hydrogen-bond donors (Lipinski definition) is 0. The van der Waals surface area contributed by atoms with Crippen LogP contribution < -0.4 is 4.90 Å². The van der Waals surface area contributed by atoms with Gasteiger partial charge in [0.25, 0.3) is 0 Å². The Hall–Kier alpha value is -1.36. The molecule has 1 unspecified atom stereocenters. The van der Waals surface area contributed by atoms with Gasteiger partial charge in [0.15, 0.2) is 0 Å². The van der Waals surface area contributed by atoms with Crippen LogP contribution in [0.25, 0.3) is 0 Å². The van der Waals surface area contributed by atoms with Gasteiger partial charge in [-0.25, -0.2) is 0 Å². The van der Waals surface area contributed by atoms with Gasteiger partial charge in [-0.3, -0.25) is 9.59 Å². The molecule has 2 amide bonds. The van der Waals surface area contributed by atoms with Crippen molar-refractivity contribution in [1.82, 2.24) is 4.90 Å². The van der Waals surface area contributed by atoms with Crippen LogP contribution in [-0.4, -0.2) is 36.3 Å². The van der Waals surface area contributed by atoms with Crippen LogP contribution in [0.1, 0.15) is 20.3 Å². The third-order valence-electron chi connectivity index (χ3n) is 3.69. The van der Waals surface area contributed by atoms with Crippen molar-refractivity contribution in [3.63, 3.8) is 0 Å². The van der Waals surface area contributed by atoms with E-state index in [-0.39, 0.29) is 17.7 Å². The average molecular weight is 339 g/mol. The SMILES string of the molecule is CCN(CC)C(=O)C1CC(=O)N(c2ccccc2Br)C1. The van der Waals surface area contributed by atoms with E-state index >= 15 is 0 Å². The summed E-state index contributed by atoms with van der Waals surface area (Å²) in [7, 11) is 0. The van der Waals surface area contributed by atoms with Crippen molar-refractivity contribution in [2.75, 3.05) is 24.5 Å². The quantitative estimate of drug-likeness (QED) is 0.846. The second-order valence-corrected chi connectivity index (χ2v) is 5.72. The molecule has 1 aromatic carbocycles. The van der Waals surface area contributed by atoms with Gasteiger partial charge in [-0.05, 0) is 41.9 Å². The number of carbonyl (C=O) groups is 2. The van der Waals surface area contributed by atoms with Crippen molar-refractivity contribution in [1.29, 1.82) is 0 Å². The molecular weight excluding hydrogens is 320 g/mol. The minimum Gasteiger partial charge on any atom is -0.343 e.